The highest BCUT2D eigenvalue weighted by Gasteiger charge is 2.28. The molecule has 112 valence electrons. The molecule has 5 heteroatoms. The van der Waals surface area contributed by atoms with Crippen LogP contribution in [0.15, 0.2) is 24.3 Å². The van der Waals surface area contributed by atoms with Gasteiger partial charge in [-0.15, -0.1) is 0 Å². The number of rotatable bonds is 4. The number of amides is 1. The molecule has 0 bridgehead atoms. The first-order chi connectivity index (χ1) is 9.95. The minimum atomic E-state index is -0.986. The first-order valence-corrected chi connectivity index (χ1v) is 6.90. The number of carbonyl (C=O) groups excluding carboxylic acids is 1. The first kappa shape index (κ1) is 15.3. The minimum Gasteiger partial charge on any atom is -0.478 e. The van der Waals surface area contributed by atoms with Crippen molar-refractivity contribution in [1.82, 2.24) is 0 Å². The molecule has 1 amide bonds. The normalized spacial score (nSPS) is 21.6. The molecule has 0 aromatic heterocycles. The van der Waals surface area contributed by atoms with Crippen LogP contribution < -0.4 is 5.32 Å². The summed E-state index contributed by atoms with van der Waals surface area (Å²) in [6.45, 7) is 4.30. The molecule has 1 aromatic carbocycles. The monoisotopic (exact) mass is 289 g/mol. The van der Waals surface area contributed by atoms with Crippen molar-refractivity contribution in [3.05, 3.63) is 35.4 Å². The molecule has 1 aliphatic rings. The molecular formula is C16H19NO4. The minimum absolute atomic E-state index is 0.0312. The number of aliphatic carboxylic acids is 1. The summed E-state index contributed by atoms with van der Waals surface area (Å²) in [5.41, 5.74) is 2.42. The van der Waals surface area contributed by atoms with Crippen LogP contribution in [0.3, 0.4) is 0 Å². The van der Waals surface area contributed by atoms with E-state index in [9.17, 15) is 9.59 Å². The molecule has 21 heavy (non-hydrogen) atoms. The molecule has 2 atom stereocenters. The van der Waals surface area contributed by atoms with Crippen LogP contribution in [0, 0.1) is 12.8 Å². The molecule has 2 rings (SSSR count). The molecule has 0 radical (unpaired) electrons. The summed E-state index contributed by atoms with van der Waals surface area (Å²) in [5.74, 6) is -1.12. The molecule has 1 aliphatic heterocycles. The number of ether oxygens (including phenoxy) is 1. The summed E-state index contributed by atoms with van der Waals surface area (Å²) in [6.07, 6.45) is 3.48. The summed E-state index contributed by atoms with van der Waals surface area (Å²) in [7, 11) is 0. The van der Waals surface area contributed by atoms with Gasteiger partial charge in [-0.25, -0.2) is 4.79 Å². The van der Waals surface area contributed by atoms with Crippen LogP contribution in [-0.4, -0.2) is 29.7 Å². The largest absolute Gasteiger partial charge is 0.478 e. The van der Waals surface area contributed by atoms with Crippen LogP contribution in [0.5, 0.6) is 0 Å². The molecule has 1 saturated heterocycles. The van der Waals surface area contributed by atoms with Gasteiger partial charge in [-0.05, 0) is 49.6 Å². The fourth-order valence-electron chi connectivity index (χ4n) is 2.33. The van der Waals surface area contributed by atoms with Crippen molar-refractivity contribution in [3.63, 3.8) is 0 Å². The van der Waals surface area contributed by atoms with Crippen LogP contribution in [0.4, 0.5) is 5.69 Å². The maximum Gasteiger partial charge on any atom is 0.328 e. The van der Waals surface area contributed by atoms with Crippen molar-refractivity contribution >= 4 is 23.6 Å². The number of nitrogens with one attached hydrogen (secondary N) is 1. The molecule has 0 spiro atoms. The van der Waals surface area contributed by atoms with E-state index in [2.05, 4.69) is 5.32 Å². The highest BCUT2D eigenvalue weighted by molar-refractivity contribution is 5.93. The lowest BCUT2D eigenvalue weighted by Crippen LogP contribution is -2.23. The Bertz CT molecular complexity index is 580. The van der Waals surface area contributed by atoms with Gasteiger partial charge in [-0.2, -0.15) is 0 Å². The number of anilines is 1. The van der Waals surface area contributed by atoms with E-state index in [0.29, 0.717) is 6.61 Å². The van der Waals surface area contributed by atoms with E-state index >= 15 is 0 Å². The predicted octanol–water partition coefficient (Wildman–Crippen LogP) is 2.46. The summed E-state index contributed by atoms with van der Waals surface area (Å²) in [5, 5.41) is 11.5. The van der Waals surface area contributed by atoms with Gasteiger partial charge in [-0.3, -0.25) is 4.79 Å². The highest BCUT2D eigenvalue weighted by Crippen LogP contribution is 2.23. The summed E-state index contributed by atoms with van der Waals surface area (Å²) in [4.78, 5) is 22.6. The molecule has 1 fully saturated rings. The van der Waals surface area contributed by atoms with Crippen molar-refractivity contribution in [1.29, 1.82) is 0 Å². The van der Waals surface area contributed by atoms with Gasteiger partial charge < -0.3 is 15.2 Å². The second-order valence-corrected chi connectivity index (χ2v) is 5.31. The standard InChI is InChI=1S/C16H19NO4/c1-10-7-12(4-6-15(18)19)3-5-14(10)17-16(20)13-8-11(2)21-9-13/h3-7,11,13H,8-9H2,1-2H3,(H,17,20)(H,18,19)/b6-4+. The molecular weight excluding hydrogens is 270 g/mol. The Morgan fingerprint density at radius 2 is 2.19 bits per heavy atom. The van der Waals surface area contributed by atoms with Gasteiger partial charge >= 0.3 is 5.97 Å². The second kappa shape index (κ2) is 6.54. The molecule has 2 N–H and O–H groups in total. The van der Waals surface area contributed by atoms with Crippen LogP contribution in [0.2, 0.25) is 0 Å². The van der Waals surface area contributed by atoms with Crippen molar-refractivity contribution in [2.75, 3.05) is 11.9 Å². The van der Waals surface area contributed by atoms with Gasteiger partial charge in [0.25, 0.3) is 0 Å². The van der Waals surface area contributed by atoms with Crippen LogP contribution in [0.25, 0.3) is 6.08 Å². The van der Waals surface area contributed by atoms with Crippen molar-refractivity contribution < 1.29 is 19.4 Å². The molecule has 5 nitrogen and oxygen atoms in total. The van der Waals surface area contributed by atoms with Gasteiger partial charge in [0.2, 0.25) is 5.91 Å². The van der Waals surface area contributed by atoms with Crippen molar-refractivity contribution in [2.45, 2.75) is 26.4 Å². The Morgan fingerprint density at radius 3 is 2.76 bits per heavy atom. The zero-order chi connectivity index (χ0) is 15.4. The number of carboxylic acid groups (broad SMARTS) is 1. The quantitative estimate of drug-likeness (QED) is 0.835. The van der Waals surface area contributed by atoms with E-state index in [-0.39, 0.29) is 17.9 Å². The van der Waals surface area contributed by atoms with Crippen molar-refractivity contribution in [3.8, 4) is 0 Å². The third-order valence-electron chi connectivity index (χ3n) is 3.50. The molecule has 1 aromatic rings. The number of carboxylic acids is 1. The van der Waals surface area contributed by atoms with Gasteiger partial charge in [0.1, 0.15) is 0 Å². The number of hydrogen-bond donors (Lipinski definition) is 2. The first-order valence-electron chi connectivity index (χ1n) is 6.90. The summed E-state index contributed by atoms with van der Waals surface area (Å²) in [6, 6.07) is 5.40. The number of hydrogen-bond acceptors (Lipinski definition) is 3. The fourth-order valence-corrected chi connectivity index (χ4v) is 2.33. The van der Waals surface area contributed by atoms with Crippen LogP contribution in [0.1, 0.15) is 24.5 Å². The van der Waals surface area contributed by atoms with E-state index < -0.39 is 5.97 Å². The smallest absolute Gasteiger partial charge is 0.328 e. The Hall–Kier alpha value is -2.14. The Labute approximate surface area is 123 Å². The van der Waals surface area contributed by atoms with Crippen molar-refractivity contribution in [2.24, 2.45) is 5.92 Å². The SMILES string of the molecule is Cc1cc(/C=C/C(=O)O)ccc1NC(=O)C1COC(C)C1. The third kappa shape index (κ3) is 4.16. The second-order valence-electron chi connectivity index (χ2n) is 5.31. The zero-order valence-electron chi connectivity index (χ0n) is 12.1. The Kier molecular flexibility index (Phi) is 4.75. The van der Waals surface area contributed by atoms with Crippen LogP contribution >= 0.6 is 0 Å². The zero-order valence-corrected chi connectivity index (χ0v) is 12.1. The maximum absolute atomic E-state index is 12.1. The number of aryl methyl sites for hydroxylation is 1. The predicted molar refractivity (Wildman–Crippen MR) is 80.0 cm³/mol. The molecule has 0 aliphatic carbocycles. The molecule has 0 saturated carbocycles. The average Bonchev–Trinajstić information content (AvgIpc) is 2.86. The van der Waals surface area contributed by atoms with Gasteiger partial charge in [0.15, 0.2) is 0 Å². The lowest BCUT2D eigenvalue weighted by molar-refractivity contribution is -0.131. The van der Waals surface area contributed by atoms with E-state index in [1.165, 1.54) is 6.08 Å². The number of carbonyl (C=O) groups is 2. The summed E-state index contributed by atoms with van der Waals surface area (Å²) >= 11 is 0. The van der Waals surface area contributed by atoms with E-state index in [4.69, 9.17) is 9.84 Å². The highest BCUT2D eigenvalue weighted by atomic mass is 16.5. The lowest BCUT2D eigenvalue weighted by atomic mass is 10.0. The van der Waals surface area contributed by atoms with E-state index in [1.807, 2.05) is 19.9 Å². The van der Waals surface area contributed by atoms with Gasteiger partial charge in [0, 0.05) is 11.8 Å². The van der Waals surface area contributed by atoms with E-state index in [0.717, 1.165) is 29.3 Å². The Morgan fingerprint density at radius 1 is 1.43 bits per heavy atom. The fraction of sp³-hybridized carbons (Fsp3) is 0.375. The Balaban J connectivity index is 2.04. The number of benzene rings is 1. The molecule has 2 unspecified atom stereocenters. The maximum atomic E-state index is 12.1. The van der Waals surface area contributed by atoms with Gasteiger partial charge in [-0.1, -0.05) is 6.07 Å². The lowest BCUT2D eigenvalue weighted by Gasteiger charge is -2.12. The van der Waals surface area contributed by atoms with E-state index in [1.54, 1.807) is 12.1 Å². The van der Waals surface area contributed by atoms with Crippen LogP contribution in [-0.2, 0) is 14.3 Å². The molecule has 1 heterocycles. The third-order valence-corrected chi connectivity index (χ3v) is 3.50. The van der Waals surface area contributed by atoms with Gasteiger partial charge in [0.05, 0.1) is 18.6 Å². The topological polar surface area (TPSA) is 75.6 Å². The average molecular weight is 289 g/mol. The summed E-state index contributed by atoms with van der Waals surface area (Å²) < 4.78 is 5.40.